The summed E-state index contributed by atoms with van der Waals surface area (Å²) >= 11 is 0. The molecular weight excluding hydrogens is 334 g/mol. The Balaban J connectivity index is 1.55. The van der Waals surface area contributed by atoms with Crippen molar-refractivity contribution in [2.24, 2.45) is 18.4 Å². The standard InChI is InChI=1S/C19H21N3O4/c1-21-16(6-8-20-21)13-2-4-14(5-3-13)17(23)22-10-15-11-26-9-7-19(15,12-22)18(24)25/h2-6,8,15H,7,9-12H2,1H3,(H,24,25)/t15-,19+/m0/s1. The zero-order valence-corrected chi connectivity index (χ0v) is 14.6. The molecule has 1 amide bonds. The molecule has 3 heterocycles. The molecule has 0 unspecified atom stereocenters. The smallest absolute Gasteiger partial charge is 0.311 e. The highest BCUT2D eigenvalue weighted by Gasteiger charge is 2.54. The number of nitrogens with zero attached hydrogens (tertiary/aromatic N) is 3. The topological polar surface area (TPSA) is 84.7 Å². The third kappa shape index (κ3) is 2.59. The zero-order chi connectivity index (χ0) is 18.3. The molecular formula is C19H21N3O4. The van der Waals surface area contributed by atoms with Crippen LogP contribution in [-0.4, -0.2) is 58.0 Å². The number of likely N-dealkylation sites (tertiary alicyclic amines) is 1. The maximum Gasteiger partial charge on any atom is 0.311 e. The number of carbonyl (C=O) groups is 2. The van der Waals surface area contributed by atoms with Crippen molar-refractivity contribution in [2.75, 3.05) is 26.3 Å². The number of carboxylic acid groups (broad SMARTS) is 1. The van der Waals surface area contributed by atoms with Crippen LogP contribution >= 0.6 is 0 Å². The molecule has 136 valence electrons. The first-order valence-corrected chi connectivity index (χ1v) is 8.70. The van der Waals surface area contributed by atoms with E-state index in [4.69, 9.17) is 4.74 Å². The normalized spacial score (nSPS) is 25.1. The van der Waals surface area contributed by atoms with E-state index >= 15 is 0 Å². The first-order valence-electron chi connectivity index (χ1n) is 8.70. The van der Waals surface area contributed by atoms with E-state index in [1.54, 1.807) is 27.9 Å². The van der Waals surface area contributed by atoms with Crippen molar-refractivity contribution in [2.45, 2.75) is 6.42 Å². The highest BCUT2D eigenvalue weighted by Crippen LogP contribution is 2.42. The second-order valence-electron chi connectivity index (χ2n) is 7.09. The number of rotatable bonds is 3. The molecule has 0 radical (unpaired) electrons. The summed E-state index contributed by atoms with van der Waals surface area (Å²) in [6.07, 6.45) is 2.18. The summed E-state index contributed by atoms with van der Waals surface area (Å²) in [5, 5.41) is 13.9. The average Bonchev–Trinajstić information content (AvgIpc) is 3.25. The van der Waals surface area contributed by atoms with Crippen LogP contribution in [0.1, 0.15) is 16.8 Å². The lowest BCUT2D eigenvalue weighted by Crippen LogP contribution is -2.45. The highest BCUT2D eigenvalue weighted by molar-refractivity contribution is 5.95. The minimum absolute atomic E-state index is 0.128. The van der Waals surface area contributed by atoms with Gasteiger partial charge in [-0.25, -0.2) is 0 Å². The van der Waals surface area contributed by atoms with Crippen molar-refractivity contribution in [3.63, 3.8) is 0 Å². The number of hydrogen-bond donors (Lipinski definition) is 1. The van der Waals surface area contributed by atoms with Gasteiger partial charge in [-0.15, -0.1) is 0 Å². The lowest BCUT2D eigenvalue weighted by Gasteiger charge is -2.33. The van der Waals surface area contributed by atoms with Crippen molar-refractivity contribution in [1.29, 1.82) is 0 Å². The van der Waals surface area contributed by atoms with Gasteiger partial charge in [0.2, 0.25) is 0 Å². The van der Waals surface area contributed by atoms with Crippen LogP contribution in [0.5, 0.6) is 0 Å². The fourth-order valence-electron chi connectivity index (χ4n) is 4.08. The Morgan fingerprint density at radius 3 is 2.65 bits per heavy atom. The van der Waals surface area contributed by atoms with Crippen LogP contribution in [0.3, 0.4) is 0 Å². The van der Waals surface area contributed by atoms with Gasteiger partial charge in [-0.3, -0.25) is 14.3 Å². The second-order valence-corrected chi connectivity index (χ2v) is 7.09. The molecule has 26 heavy (non-hydrogen) atoms. The summed E-state index contributed by atoms with van der Waals surface area (Å²) in [6.45, 7) is 1.51. The molecule has 1 N–H and O–H groups in total. The van der Waals surface area contributed by atoms with Crippen LogP contribution in [0.2, 0.25) is 0 Å². The number of amides is 1. The number of ether oxygens (including phenoxy) is 1. The van der Waals surface area contributed by atoms with Crippen molar-refractivity contribution >= 4 is 11.9 Å². The predicted octanol–water partition coefficient (Wildman–Crippen LogP) is 1.65. The van der Waals surface area contributed by atoms with Crippen LogP contribution in [0.15, 0.2) is 36.5 Å². The molecule has 2 aromatic rings. The molecule has 2 aliphatic heterocycles. The third-order valence-electron chi connectivity index (χ3n) is 5.67. The van der Waals surface area contributed by atoms with E-state index in [0.717, 1.165) is 11.3 Å². The fraction of sp³-hybridized carbons (Fsp3) is 0.421. The Morgan fingerprint density at radius 2 is 2.04 bits per heavy atom. The highest BCUT2D eigenvalue weighted by atomic mass is 16.5. The molecule has 0 saturated carbocycles. The van der Waals surface area contributed by atoms with Crippen LogP contribution in [0, 0.1) is 11.3 Å². The van der Waals surface area contributed by atoms with Gasteiger partial charge in [-0.05, 0) is 30.2 Å². The van der Waals surface area contributed by atoms with Crippen LogP contribution < -0.4 is 0 Å². The van der Waals surface area contributed by atoms with Gasteiger partial charge in [-0.2, -0.15) is 5.10 Å². The quantitative estimate of drug-likeness (QED) is 0.905. The van der Waals surface area contributed by atoms with Gasteiger partial charge in [0.05, 0.1) is 17.7 Å². The summed E-state index contributed by atoms with van der Waals surface area (Å²) in [5.74, 6) is -1.10. The van der Waals surface area contributed by atoms with Gasteiger partial charge in [0, 0.05) is 44.4 Å². The third-order valence-corrected chi connectivity index (χ3v) is 5.67. The molecule has 0 aliphatic carbocycles. The fourth-order valence-corrected chi connectivity index (χ4v) is 4.08. The molecule has 0 spiro atoms. The van der Waals surface area contributed by atoms with Crippen LogP contribution in [-0.2, 0) is 16.6 Å². The van der Waals surface area contributed by atoms with Gasteiger partial charge < -0.3 is 14.7 Å². The number of benzene rings is 1. The number of aromatic nitrogens is 2. The van der Waals surface area contributed by atoms with E-state index in [1.807, 2.05) is 25.2 Å². The van der Waals surface area contributed by atoms with Gasteiger partial charge in [0.1, 0.15) is 0 Å². The molecule has 7 nitrogen and oxygen atoms in total. The summed E-state index contributed by atoms with van der Waals surface area (Å²) in [4.78, 5) is 26.4. The Kier molecular flexibility index (Phi) is 4.03. The van der Waals surface area contributed by atoms with E-state index in [2.05, 4.69) is 5.10 Å². The molecule has 7 heteroatoms. The lowest BCUT2D eigenvalue weighted by atomic mass is 9.74. The van der Waals surface area contributed by atoms with Crippen LogP contribution in [0.4, 0.5) is 0 Å². The lowest BCUT2D eigenvalue weighted by molar-refractivity contribution is -0.157. The van der Waals surface area contributed by atoms with Crippen molar-refractivity contribution in [3.8, 4) is 11.3 Å². The minimum atomic E-state index is -0.872. The average molecular weight is 355 g/mol. The number of carbonyl (C=O) groups excluding carboxylic acids is 1. The Bertz CT molecular complexity index is 845. The van der Waals surface area contributed by atoms with Crippen LogP contribution in [0.25, 0.3) is 11.3 Å². The maximum atomic E-state index is 12.9. The Labute approximate surface area is 151 Å². The monoisotopic (exact) mass is 355 g/mol. The molecule has 2 saturated heterocycles. The van der Waals surface area contributed by atoms with Crippen molar-refractivity contribution < 1.29 is 19.4 Å². The van der Waals surface area contributed by atoms with Gasteiger partial charge in [0.25, 0.3) is 5.91 Å². The van der Waals surface area contributed by atoms with E-state index < -0.39 is 11.4 Å². The molecule has 4 rings (SSSR count). The molecule has 1 aromatic heterocycles. The summed E-state index contributed by atoms with van der Waals surface area (Å²) in [5.41, 5.74) is 1.64. The van der Waals surface area contributed by atoms with Gasteiger partial charge in [-0.1, -0.05) is 12.1 Å². The van der Waals surface area contributed by atoms with E-state index in [-0.39, 0.29) is 18.4 Å². The molecule has 2 fully saturated rings. The summed E-state index contributed by atoms with van der Waals surface area (Å²) in [7, 11) is 1.87. The Morgan fingerprint density at radius 1 is 1.27 bits per heavy atom. The second kappa shape index (κ2) is 6.25. The van der Waals surface area contributed by atoms with Crippen molar-refractivity contribution in [1.82, 2.24) is 14.7 Å². The molecule has 2 aliphatic rings. The first-order chi connectivity index (χ1) is 12.5. The van der Waals surface area contributed by atoms with E-state index in [0.29, 0.717) is 31.7 Å². The van der Waals surface area contributed by atoms with E-state index in [9.17, 15) is 14.7 Å². The van der Waals surface area contributed by atoms with E-state index in [1.165, 1.54) is 0 Å². The number of fused-ring (bicyclic) bond motifs is 1. The molecule has 0 bridgehead atoms. The molecule has 1 aromatic carbocycles. The largest absolute Gasteiger partial charge is 0.481 e. The van der Waals surface area contributed by atoms with Gasteiger partial charge in [0.15, 0.2) is 0 Å². The first kappa shape index (κ1) is 16.8. The zero-order valence-electron chi connectivity index (χ0n) is 14.6. The Hall–Kier alpha value is -2.67. The maximum absolute atomic E-state index is 12.9. The number of aliphatic carboxylic acids is 1. The van der Waals surface area contributed by atoms with Crippen molar-refractivity contribution in [3.05, 3.63) is 42.1 Å². The van der Waals surface area contributed by atoms with Gasteiger partial charge >= 0.3 is 5.97 Å². The predicted molar refractivity (Wildman–Crippen MR) is 93.5 cm³/mol. The number of hydrogen-bond acceptors (Lipinski definition) is 4. The number of aryl methyl sites for hydroxylation is 1. The number of carboxylic acids is 1. The SMILES string of the molecule is Cn1nccc1-c1ccc(C(=O)N2C[C@H]3COCC[C@@]3(C(=O)O)C2)cc1. The molecule has 2 atom stereocenters. The summed E-state index contributed by atoms with van der Waals surface area (Å²) in [6, 6.07) is 9.28. The summed E-state index contributed by atoms with van der Waals surface area (Å²) < 4.78 is 7.23. The minimum Gasteiger partial charge on any atom is -0.481 e.